The first-order chi connectivity index (χ1) is 8.19. The fourth-order valence-corrected chi connectivity index (χ4v) is 2.71. The number of nitrogens with zero attached hydrogens (tertiary/aromatic N) is 1. The Balaban J connectivity index is 2.38. The molecule has 1 rings (SSSR count). The van der Waals surface area contributed by atoms with Crippen LogP contribution in [-0.4, -0.2) is 58.0 Å². The molecule has 0 amide bonds. The predicted molar refractivity (Wildman–Crippen MR) is 70.1 cm³/mol. The van der Waals surface area contributed by atoms with Crippen LogP contribution in [-0.2, 0) is 9.47 Å². The lowest BCUT2D eigenvalue weighted by Gasteiger charge is -2.35. The fourth-order valence-electron chi connectivity index (χ4n) is 2.71. The van der Waals surface area contributed by atoms with Crippen LogP contribution in [0.5, 0.6) is 0 Å². The van der Waals surface area contributed by atoms with Crippen molar-refractivity contribution < 1.29 is 9.47 Å². The molecular formula is C13H28N2O2. The molecule has 2 N–H and O–H groups in total. The van der Waals surface area contributed by atoms with E-state index in [0.717, 1.165) is 26.4 Å². The van der Waals surface area contributed by atoms with Gasteiger partial charge < -0.3 is 20.1 Å². The Labute approximate surface area is 105 Å². The van der Waals surface area contributed by atoms with Gasteiger partial charge in [0.2, 0.25) is 0 Å². The van der Waals surface area contributed by atoms with Crippen molar-refractivity contribution in [1.29, 1.82) is 0 Å². The summed E-state index contributed by atoms with van der Waals surface area (Å²) in [7, 11) is 3.91. The molecular weight excluding hydrogens is 216 g/mol. The molecule has 4 heteroatoms. The van der Waals surface area contributed by atoms with E-state index >= 15 is 0 Å². The van der Waals surface area contributed by atoms with Crippen LogP contribution in [0.3, 0.4) is 0 Å². The van der Waals surface area contributed by atoms with Crippen LogP contribution in [0, 0.1) is 11.8 Å². The van der Waals surface area contributed by atoms with Crippen LogP contribution in [0.4, 0.5) is 0 Å². The number of hydrogen-bond acceptors (Lipinski definition) is 4. The van der Waals surface area contributed by atoms with E-state index in [4.69, 9.17) is 15.2 Å². The monoisotopic (exact) mass is 244 g/mol. The van der Waals surface area contributed by atoms with Gasteiger partial charge in [0.25, 0.3) is 0 Å². The first kappa shape index (κ1) is 14.9. The van der Waals surface area contributed by atoms with Crippen molar-refractivity contribution in [3.8, 4) is 0 Å². The lowest BCUT2D eigenvalue weighted by Crippen LogP contribution is -2.46. The predicted octanol–water partition coefficient (Wildman–Crippen LogP) is 0.955. The Morgan fingerprint density at radius 3 is 2.82 bits per heavy atom. The first-order valence-electron chi connectivity index (χ1n) is 6.66. The molecule has 3 atom stereocenters. The van der Waals surface area contributed by atoms with Crippen LogP contribution < -0.4 is 5.73 Å². The topological polar surface area (TPSA) is 47.7 Å². The Kier molecular flexibility index (Phi) is 7.04. The molecule has 1 fully saturated rings. The van der Waals surface area contributed by atoms with E-state index in [1.54, 1.807) is 7.11 Å². The highest BCUT2D eigenvalue weighted by molar-refractivity contribution is 4.78. The van der Waals surface area contributed by atoms with E-state index in [9.17, 15) is 0 Å². The Hall–Kier alpha value is -0.160. The maximum absolute atomic E-state index is 5.88. The summed E-state index contributed by atoms with van der Waals surface area (Å²) in [4.78, 5) is 2.38. The third-order valence-corrected chi connectivity index (χ3v) is 3.69. The van der Waals surface area contributed by atoms with Crippen molar-refractivity contribution in [3.05, 3.63) is 0 Å². The van der Waals surface area contributed by atoms with Crippen LogP contribution in [0.2, 0.25) is 0 Å². The van der Waals surface area contributed by atoms with Crippen molar-refractivity contribution in [2.75, 3.05) is 47.1 Å². The van der Waals surface area contributed by atoms with Crippen molar-refractivity contribution in [2.45, 2.75) is 25.8 Å². The molecule has 102 valence electrons. The van der Waals surface area contributed by atoms with E-state index in [-0.39, 0.29) is 0 Å². The van der Waals surface area contributed by atoms with Gasteiger partial charge in [-0.25, -0.2) is 0 Å². The summed E-state index contributed by atoms with van der Waals surface area (Å²) in [6, 6.07) is 0.400. The smallest absolute Gasteiger partial charge is 0.0506 e. The molecule has 3 unspecified atom stereocenters. The normalized spacial score (nSPS) is 24.9. The van der Waals surface area contributed by atoms with Crippen molar-refractivity contribution in [1.82, 2.24) is 4.90 Å². The molecule has 0 bridgehead atoms. The Morgan fingerprint density at radius 1 is 1.53 bits per heavy atom. The zero-order valence-electron chi connectivity index (χ0n) is 11.5. The van der Waals surface area contributed by atoms with Gasteiger partial charge in [-0.1, -0.05) is 6.92 Å². The minimum absolute atomic E-state index is 0.400. The average molecular weight is 244 g/mol. The van der Waals surface area contributed by atoms with E-state index in [1.807, 2.05) is 0 Å². The highest BCUT2D eigenvalue weighted by atomic mass is 16.5. The molecule has 0 aliphatic carbocycles. The van der Waals surface area contributed by atoms with Gasteiger partial charge in [0, 0.05) is 32.8 Å². The number of nitrogens with two attached hydrogens (primary N) is 1. The van der Waals surface area contributed by atoms with Gasteiger partial charge in [0.15, 0.2) is 0 Å². The largest absolute Gasteiger partial charge is 0.384 e. The SMILES string of the molecule is COCC(C)C(CN)N(C)CC1CCCOC1. The molecule has 1 saturated heterocycles. The molecule has 17 heavy (non-hydrogen) atoms. The lowest BCUT2D eigenvalue weighted by molar-refractivity contribution is 0.0266. The van der Waals surface area contributed by atoms with Crippen molar-refractivity contribution >= 4 is 0 Å². The van der Waals surface area contributed by atoms with Gasteiger partial charge in [-0.05, 0) is 31.7 Å². The molecule has 0 aromatic carbocycles. The fraction of sp³-hybridized carbons (Fsp3) is 1.00. The third kappa shape index (κ3) is 4.92. The summed E-state index contributed by atoms with van der Waals surface area (Å²) in [5.41, 5.74) is 5.88. The van der Waals surface area contributed by atoms with Crippen molar-refractivity contribution in [2.24, 2.45) is 17.6 Å². The molecule has 1 aliphatic heterocycles. The van der Waals surface area contributed by atoms with Crippen molar-refractivity contribution in [3.63, 3.8) is 0 Å². The maximum atomic E-state index is 5.88. The quantitative estimate of drug-likeness (QED) is 0.724. The van der Waals surface area contributed by atoms with Crippen LogP contribution in [0.25, 0.3) is 0 Å². The molecule has 0 saturated carbocycles. The second-order valence-electron chi connectivity index (χ2n) is 5.26. The second-order valence-corrected chi connectivity index (χ2v) is 5.26. The minimum atomic E-state index is 0.400. The molecule has 4 nitrogen and oxygen atoms in total. The number of hydrogen-bond donors (Lipinski definition) is 1. The first-order valence-corrected chi connectivity index (χ1v) is 6.66. The van der Waals surface area contributed by atoms with Gasteiger partial charge in [-0.15, -0.1) is 0 Å². The van der Waals surface area contributed by atoms with Gasteiger partial charge in [0.05, 0.1) is 13.2 Å². The summed E-state index contributed by atoms with van der Waals surface area (Å²) >= 11 is 0. The highest BCUT2D eigenvalue weighted by Crippen LogP contribution is 2.17. The number of methoxy groups -OCH3 is 1. The summed E-state index contributed by atoms with van der Waals surface area (Å²) in [5, 5.41) is 0. The number of likely N-dealkylation sites (N-methyl/N-ethyl adjacent to an activating group) is 1. The maximum Gasteiger partial charge on any atom is 0.0506 e. The van der Waals surface area contributed by atoms with Gasteiger partial charge >= 0.3 is 0 Å². The van der Waals surface area contributed by atoms with Crippen LogP contribution in [0.15, 0.2) is 0 Å². The number of rotatable bonds is 7. The number of ether oxygens (including phenoxy) is 2. The van der Waals surface area contributed by atoms with E-state index < -0.39 is 0 Å². The summed E-state index contributed by atoms with van der Waals surface area (Å²) < 4.78 is 10.7. The molecule has 0 spiro atoms. The van der Waals surface area contributed by atoms with Crippen LogP contribution >= 0.6 is 0 Å². The zero-order valence-corrected chi connectivity index (χ0v) is 11.5. The highest BCUT2D eigenvalue weighted by Gasteiger charge is 2.24. The lowest BCUT2D eigenvalue weighted by atomic mass is 9.97. The minimum Gasteiger partial charge on any atom is -0.384 e. The van der Waals surface area contributed by atoms with Gasteiger partial charge in [0.1, 0.15) is 0 Å². The molecule has 0 aromatic rings. The van der Waals surface area contributed by atoms with Crippen LogP contribution in [0.1, 0.15) is 19.8 Å². The molecule has 1 aliphatic rings. The molecule has 0 aromatic heterocycles. The Bertz CT molecular complexity index is 196. The average Bonchev–Trinajstić information content (AvgIpc) is 2.31. The molecule has 1 heterocycles. The summed E-state index contributed by atoms with van der Waals surface area (Å²) in [6.45, 7) is 6.58. The van der Waals surface area contributed by atoms with Gasteiger partial charge in [-0.2, -0.15) is 0 Å². The third-order valence-electron chi connectivity index (χ3n) is 3.69. The summed E-state index contributed by atoms with van der Waals surface area (Å²) in [5.74, 6) is 1.14. The van der Waals surface area contributed by atoms with E-state index in [2.05, 4.69) is 18.9 Å². The van der Waals surface area contributed by atoms with Gasteiger partial charge in [-0.3, -0.25) is 0 Å². The van der Waals surface area contributed by atoms with E-state index in [0.29, 0.717) is 24.4 Å². The summed E-state index contributed by atoms with van der Waals surface area (Å²) in [6.07, 6.45) is 2.47. The Morgan fingerprint density at radius 2 is 2.29 bits per heavy atom. The van der Waals surface area contributed by atoms with E-state index in [1.165, 1.54) is 12.8 Å². The second kappa shape index (κ2) is 8.03. The molecule has 0 radical (unpaired) electrons. The standard InChI is InChI=1S/C13H28N2O2/c1-11(9-16-3)13(7-14)15(2)8-12-5-4-6-17-10-12/h11-13H,4-10,14H2,1-3H3. The zero-order chi connectivity index (χ0) is 12.7.